The maximum atomic E-state index is 14.7. The molecule has 6 N–H and O–H groups in total. The second-order valence-electron chi connectivity index (χ2n) is 25.6. The van der Waals surface area contributed by atoms with Gasteiger partial charge in [0.25, 0.3) is 0 Å². The molecule has 1 saturated carbocycles. The molecule has 3 saturated heterocycles. The predicted octanol–water partition coefficient (Wildman–Crippen LogP) is 12.9. The first-order valence-corrected chi connectivity index (χ1v) is 31.6. The number of H-pyrrole nitrogens is 2. The normalized spacial score (nSPS) is 19.6. The van der Waals surface area contributed by atoms with Crippen LogP contribution < -0.4 is 25.2 Å². The number of ether oxygens (including phenoxy) is 1. The van der Waals surface area contributed by atoms with E-state index in [1.54, 1.807) is 55.5 Å². The van der Waals surface area contributed by atoms with Crippen molar-refractivity contribution in [3.8, 4) is 76.9 Å². The number of nitrogens with one attached hydrogen (secondary N) is 4. The molecule has 1 aliphatic carbocycles. The third-order valence-electron chi connectivity index (χ3n) is 16.5. The standard InChI is InChI=1S/C22H29N5OS.C21H27ClN6OS.C18H18FN5OS/c1-21(2)13-15(14-22(3,4)26-21)11-19-24-25-20(29-19)17-8-7-16(12-18(17)28-5)27-10-6-9-23-27;1-20(2)8-14(9-21(3,4)27-20)28(5)19-26-25-18(30-19)17-15(22)6-12(7-16(17)29)13-10-23-24-11-13;19-14-4-12(13-6-20-21-7-13)5-15(25)16(14)17-22-23-18(26-17)24-8-10-2-1-3-11(10)9-24/h6-10,12,15,26H,11,13-14H2,1-5H3;6-7,10-11,14,27,29H,8-9H2,1-5H3,(H,23,24);4-7,10-11,25H,1-3,8-9H2,(H,20,21)/t;;10-,11+. The highest BCUT2D eigenvalue weighted by atomic mass is 35.5. The van der Waals surface area contributed by atoms with Crippen molar-refractivity contribution >= 4 is 55.9 Å². The smallest absolute Gasteiger partial charge is 0.208 e. The van der Waals surface area contributed by atoms with Crippen molar-refractivity contribution in [2.24, 2.45) is 17.8 Å². The van der Waals surface area contributed by atoms with E-state index in [1.807, 2.05) is 41.2 Å². The minimum Gasteiger partial charge on any atom is -0.507 e. The highest BCUT2D eigenvalue weighted by Gasteiger charge is 2.41. The number of aromatic hydroxyl groups is 2. The first-order valence-electron chi connectivity index (χ1n) is 28.8. The Morgan fingerprint density at radius 1 is 0.706 bits per heavy atom. The molecule has 13 rings (SSSR count). The number of anilines is 2. The number of phenols is 2. The van der Waals surface area contributed by atoms with Gasteiger partial charge in [-0.25, -0.2) is 9.07 Å². The van der Waals surface area contributed by atoms with Crippen molar-refractivity contribution in [2.75, 3.05) is 37.0 Å². The third-order valence-corrected chi connectivity index (χ3v) is 19.8. The fourth-order valence-electron chi connectivity index (χ4n) is 13.5. The van der Waals surface area contributed by atoms with E-state index >= 15 is 0 Å². The average molecular weight is 1230 g/mol. The lowest BCUT2D eigenvalue weighted by Gasteiger charge is -2.48. The van der Waals surface area contributed by atoms with Gasteiger partial charge in [0.1, 0.15) is 28.1 Å². The van der Waals surface area contributed by atoms with Crippen LogP contribution in [0.25, 0.3) is 59.7 Å². The van der Waals surface area contributed by atoms with Gasteiger partial charge in [-0.05, 0) is 165 Å². The molecule has 85 heavy (non-hydrogen) atoms. The van der Waals surface area contributed by atoms with Crippen LogP contribution in [0, 0.1) is 23.6 Å². The molecule has 6 aromatic heterocycles. The highest BCUT2D eigenvalue weighted by molar-refractivity contribution is 7.19. The van der Waals surface area contributed by atoms with E-state index < -0.39 is 5.82 Å². The number of benzene rings is 3. The first kappa shape index (κ1) is 59.8. The largest absolute Gasteiger partial charge is 0.507 e. The minimum atomic E-state index is -0.512. The van der Waals surface area contributed by atoms with Crippen molar-refractivity contribution in [2.45, 2.75) is 135 Å². The SMILES string of the molecule is CN(c1nnc(-c2c(O)cc(-c3cn[nH]c3)cc2Cl)s1)C1CC(C)(C)NC(C)(C)C1.COc1cc(-n2cccn2)ccc1-c1nnc(CC2CC(C)(C)NC(C)(C)C2)s1.Oc1cc(-c2cn[nH]c2)cc(F)c1-c1nnc(N2C[C@H]3CCC[C@H]3C2)s1. The van der Waals surface area contributed by atoms with Gasteiger partial charge in [-0.15, -0.1) is 30.6 Å². The Balaban J connectivity index is 0.000000133. The van der Waals surface area contributed by atoms with Crippen molar-refractivity contribution in [3.05, 3.63) is 102 Å². The number of rotatable bonds is 12. The molecular formula is C61H74ClFN16O3S3. The molecule has 0 bridgehead atoms. The van der Waals surface area contributed by atoms with Crippen LogP contribution in [-0.2, 0) is 6.42 Å². The van der Waals surface area contributed by atoms with Crippen LogP contribution in [0.2, 0.25) is 5.02 Å². The summed E-state index contributed by atoms with van der Waals surface area (Å²) in [5.41, 5.74) is 5.84. The zero-order chi connectivity index (χ0) is 60.0. The van der Waals surface area contributed by atoms with E-state index in [2.05, 4.69) is 139 Å². The van der Waals surface area contributed by atoms with Crippen LogP contribution in [0.15, 0.2) is 85.7 Å². The number of hydrogen-bond donors (Lipinski definition) is 6. The molecule has 0 radical (unpaired) electrons. The van der Waals surface area contributed by atoms with Crippen LogP contribution in [-0.4, -0.2) is 126 Å². The van der Waals surface area contributed by atoms with Crippen molar-refractivity contribution < 1.29 is 19.3 Å². The molecule has 2 atom stereocenters. The zero-order valence-corrected chi connectivity index (χ0v) is 52.8. The summed E-state index contributed by atoms with van der Waals surface area (Å²) in [7, 11) is 3.75. The molecule has 4 fully saturated rings. The molecule has 3 aromatic carbocycles. The molecule has 9 heterocycles. The zero-order valence-electron chi connectivity index (χ0n) is 49.6. The number of fused-ring (bicyclic) bond motifs is 1. The number of methoxy groups -OCH3 is 1. The Morgan fingerprint density at radius 2 is 1.31 bits per heavy atom. The van der Waals surface area contributed by atoms with E-state index in [-0.39, 0.29) is 39.2 Å². The van der Waals surface area contributed by atoms with Gasteiger partial charge in [0, 0.05) is 96.7 Å². The Morgan fingerprint density at radius 3 is 1.89 bits per heavy atom. The molecule has 0 spiro atoms. The lowest BCUT2D eigenvalue weighted by Crippen LogP contribution is -2.61. The highest BCUT2D eigenvalue weighted by Crippen LogP contribution is 2.46. The number of aromatic nitrogens is 12. The molecule has 448 valence electrons. The van der Waals surface area contributed by atoms with Crippen LogP contribution in [0.5, 0.6) is 17.2 Å². The fourth-order valence-corrected chi connectivity index (χ4v) is 16.8. The van der Waals surface area contributed by atoms with E-state index in [0.717, 1.165) is 105 Å². The molecule has 19 nitrogen and oxygen atoms in total. The van der Waals surface area contributed by atoms with Gasteiger partial charge in [-0.2, -0.15) is 15.3 Å². The summed E-state index contributed by atoms with van der Waals surface area (Å²) in [6.07, 6.45) is 19.5. The summed E-state index contributed by atoms with van der Waals surface area (Å²) in [5.74, 6) is 2.32. The van der Waals surface area contributed by atoms with Gasteiger partial charge in [-0.3, -0.25) is 10.2 Å². The number of nitrogens with zero attached hydrogens (tertiary/aromatic N) is 12. The summed E-state index contributed by atoms with van der Waals surface area (Å²) in [4.78, 5) is 4.46. The molecular weight excluding hydrogens is 1160 g/mol. The Kier molecular flexibility index (Phi) is 17.0. The maximum absolute atomic E-state index is 14.7. The Labute approximate surface area is 511 Å². The summed E-state index contributed by atoms with van der Waals surface area (Å²) < 4.78 is 22.2. The maximum Gasteiger partial charge on any atom is 0.208 e. The van der Waals surface area contributed by atoms with Crippen LogP contribution >= 0.6 is 45.6 Å². The van der Waals surface area contributed by atoms with Gasteiger partial charge in [0.2, 0.25) is 10.3 Å². The lowest BCUT2D eigenvalue weighted by atomic mass is 9.75. The number of aromatic amines is 2. The lowest BCUT2D eigenvalue weighted by molar-refractivity contribution is 0.128. The summed E-state index contributed by atoms with van der Waals surface area (Å²) in [6, 6.07) is 14.7. The predicted molar refractivity (Wildman–Crippen MR) is 337 cm³/mol. The second-order valence-corrected chi connectivity index (χ2v) is 29.0. The van der Waals surface area contributed by atoms with Crippen molar-refractivity contribution in [1.29, 1.82) is 0 Å². The van der Waals surface area contributed by atoms with Crippen molar-refractivity contribution in [1.82, 2.24) is 71.4 Å². The molecule has 9 aromatic rings. The van der Waals surface area contributed by atoms with Gasteiger partial charge in [-0.1, -0.05) is 52.0 Å². The summed E-state index contributed by atoms with van der Waals surface area (Å²) in [5, 5.41) is 77.2. The van der Waals surface area contributed by atoms with Crippen LogP contribution in [0.4, 0.5) is 14.7 Å². The molecule has 3 aliphatic heterocycles. The number of halogens is 2. The number of hydrogen-bond acceptors (Lipinski definition) is 19. The molecule has 4 aliphatic rings. The van der Waals surface area contributed by atoms with Gasteiger partial charge in [0.15, 0.2) is 15.0 Å². The topological polar surface area (TPSA) is 233 Å². The molecule has 0 amide bonds. The van der Waals surface area contributed by atoms with Crippen molar-refractivity contribution in [3.63, 3.8) is 0 Å². The summed E-state index contributed by atoms with van der Waals surface area (Å²) in [6.45, 7) is 20.1. The van der Waals surface area contributed by atoms with E-state index in [1.165, 1.54) is 54.1 Å². The minimum absolute atomic E-state index is 0.0404. The van der Waals surface area contributed by atoms with Gasteiger partial charge >= 0.3 is 0 Å². The fraction of sp³-hybridized carbons (Fsp3) is 0.459. The van der Waals surface area contributed by atoms with Crippen LogP contribution in [0.1, 0.15) is 105 Å². The number of phenolic OH excluding ortho intramolecular Hbond substituents is 2. The van der Waals surface area contributed by atoms with Crippen LogP contribution in [0.3, 0.4) is 0 Å². The molecule has 24 heteroatoms. The Hall–Kier alpha value is -6.89. The van der Waals surface area contributed by atoms with E-state index in [4.69, 9.17) is 16.3 Å². The summed E-state index contributed by atoms with van der Waals surface area (Å²) >= 11 is 11.0. The number of piperidine rings is 2. The van der Waals surface area contributed by atoms with Gasteiger partial charge < -0.3 is 35.4 Å². The van der Waals surface area contributed by atoms with Gasteiger partial charge in [0.05, 0.1) is 46.9 Å². The third kappa shape index (κ3) is 13.7. The molecule has 0 unspecified atom stereocenters. The monoisotopic (exact) mass is 1230 g/mol. The Bertz CT molecular complexity index is 3640. The second kappa shape index (κ2) is 24.1. The average Bonchev–Trinajstić information content (AvgIpc) is 3.56. The van der Waals surface area contributed by atoms with E-state index in [9.17, 15) is 14.6 Å². The van der Waals surface area contributed by atoms with E-state index in [0.29, 0.717) is 43.7 Å². The first-order chi connectivity index (χ1) is 40.5. The quantitative estimate of drug-likeness (QED) is 0.0667.